The molecule has 0 spiro atoms. The van der Waals surface area contributed by atoms with Gasteiger partial charge >= 0.3 is 0 Å². The van der Waals surface area contributed by atoms with Gasteiger partial charge in [0.25, 0.3) is 0 Å². The van der Waals surface area contributed by atoms with Gasteiger partial charge in [0.1, 0.15) is 11.9 Å². The van der Waals surface area contributed by atoms with E-state index in [2.05, 4.69) is 15.5 Å². The molecule has 1 atom stereocenters. The minimum atomic E-state index is -0.552. The summed E-state index contributed by atoms with van der Waals surface area (Å²) in [5, 5.41) is 11.8. The largest absolute Gasteiger partial charge is 0.493 e. The van der Waals surface area contributed by atoms with E-state index in [1.165, 1.54) is 12.1 Å². The summed E-state index contributed by atoms with van der Waals surface area (Å²) in [4.78, 5) is 0. The number of ether oxygens (including phenoxy) is 3. The first kappa shape index (κ1) is 21.2. The van der Waals surface area contributed by atoms with E-state index in [0.717, 1.165) is 11.1 Å². The van der Waals surface area contributed by atoms with E-state index in [4.69, 9.17) is 18.6 Å². The Morgan fingerprint density at radius 1 is 0.844 bits per heavy atom. The lowest BCUT2D eigenvalue weighted by atomic mass is 10.1. The fraction of sp³-hybridized carbons (Fsp3) is 0.167. The maximum Gasteiger partial charge on any atom is 0.247 e. The zero-order valence-electron chi connectivity index (χ0n) is 17.8. The molecule has 0 fully saturated rings. The van der Waals surface area contributed by atoms with Crippen molar-refractivity contribution in [3.63, 3.8) is 0 Å². The summed E-state index contributed by atoms with van der Waals surface area (Å²) in [5.74, 6) is 1.83. The Kier molecular flexibility index (Phi) is 6.21. The van der Waals surface area contributed by atoms with Gasteiger partial charge < -0.3 is 23.9 Å². The molecular formula is C24H22FN3O4. The maximum atomic E-state index is 13.6. The van der Waals surface area contributed by atoms with Crippen LogP contribution in [-0.2, 0) is 0 Å². The third-order valence-corrected chi connectivity index (χ3v) is 4.89. The lowest BCUT2D eigenvalue weighted by Crippen LogP contribution is -2.13. The molecule has 3 aromatic carbocycles. The molecule has 4 rings (SSSR count). The number of halogens is 1. The lowest BCUT2D eigenvalue weighted by Gasteiger charge is -2.19. The first-order valence-corrected chi connectivity index (χ1v) is 9.83. The van der Waals surface area contributed by atoms with Gasteiger partial charge in [-0.1, -0.05) is 30.3 Å². The maximum absolute atomic E-state index is 13.6. The molecule has 1 N–H and O–H groups in total. The highest BCUT2D eigenvalue weighted by atomic mass is 19.1. The summed E-state index contributed by atoms with van der Waals surface area (Å²) < 4.78 is 35.8. The van der Waals surface area contributed by atoms with Crippen LogP contribution in [0.2, 0.25) is 0 Å². The summed E-state index contributed by atoms with van der Waals surface area (Å²) in [6.07, 6.45) is 0. The summed E-state index contributed by atoms with van der Waals surface area (Å²) >= 11 is 0. The van der Waals surface area contributed by atoms with Crippen LogP contribution < -0.4 is 19.5 Å². The number of aromatic nitrogens is 2. The topological polar surface area (TPSA) is 78.6 Å². The van der Waals surface area contributed by atoms with Crippen LogP contribution in [0.3, 0.4) is 0 Å². The second kappa shape index (κ2) is 9.38. The molecule has 0 radical (unpaired) electrons. The molecule has 0 saturated heterocycles. The molecule has 32 heavy (non-hydrogen) atoms. The standard InChI is InChI=1S/C24H22FN3O4/c1-29-19-13-18(14-20(30-2)22(19)31-3)26-21(15-9-11-17(25)12-10-15)24-28-27-23(32-24)16-7-5-4-6-8-16/h4-14,21,26H,1-3H3/t21-/m0/s1. The van der Waals surface area contributed by atoms with Gasteiger partial charge in [0.05, 0.1) is 21.3 Å². The number of hydrogen-bond acceptors (Lipinski definition) is 7. The SMILES string of the molecule is COc1cc(N[C@@H](c2ccc(F)cc2)c2nnc(-c3ccccc3)o2)cc(OC)c1OC. The van der Waals surface area contributed by atoms with E-state index in [0.29, 0.717) is 34.7 Å². The molecular weight excluding hydrogens is 413 g/mol. The molecule has 7 nitrogen and oxygen atoms in total. The van der Waals surface area contributed by atoms with E-state index in [1.807, 2.05) is 30.3 Å². The quantitative estimate of drug-likeness (QED) is 0.412. The predicted molar refractivity (Wildman–Crippen MR) is 118 cm³/mol. The molecule has 0 amide bonds. The van der Waals surface area contributed by atoms with E-state index in [1.54, 1.807) is 45.6 Å². The van der Waals surface area contributed by atoms with Gasteiger partial charge in [-0.25, -0.2) is 4.39 Å². The minimum Gasteiger partial charge on any atom is -0.493 e. The van der Waals surface area contributed by atoms with E-state index in [9.17, 15) is 4.39 Å². The Bertz CT molecular complexity index is 1150. The molecule has 8 heteroatoms. The van der Waals surface area contributed by atoms with Crippen molar-refractivity contribution in [3.8, 4) is 28.7 Å². The average Bonchev–Trinajstić information content (AvgIpc) is 3.33. The fourth-order valence-electron chi connectivity index (χ4n) is 3.32. The molecule has 0 aliphatic heterocycles. The van der Waals surface area contributed by atoms with Gasteiger partial charge in [-0.2, -0.15) is 0 Å². The number of rotatable bonds is 8. The lowest BCUT2D eigenvalue weighted by molar-refractivity contribution is 0.324. The zero-order valence-corrected chi connectivity index (χ0v) is 17.8. The average molecular weight is 435 g/mol. The van der Waals surface area contributed by atoms with Crippen LogP contribution >= 0.6 is 0 Å². The Hall–Kier alpha value is -4.07. The number of nitrogens with zero attached hydrogens (tertiary/aromatic N) is 2. The van der Waals surface area contributed by atoms with Crippen LogP contribution in [0.1, 0.15) is 17.5 Å². The first-order chi connectivity index (χ1) is 15.6. The second-order valence-corrected chi connectivity index (χ2v) is 6.85. The van der Waals surface area contributed by atoms with Crippen LogP contribution in [0.25, 0.3) is 11.5 Å². The molecule has 1 heterocycles. The monoisotopic (exact) mass is 435 g/mol. The van der Waals surface area contributed by atoms with Crippen molar-refractivity contribution in [1.29, 1.82) is 0 Å². The minimum absolute atomic E-state index is 0.323. The van der Waals surface area contributed by atoms with Crippen molar-refractivity contribution >= 4 is 5.69 Å². The Balaban J connectivity index is 1.75. The van der Waals surface area contributed by atoms with Crippen LogP contribution in [0, 0.1) is 5.82 Å². The van der Waals surface area contributed by atoms with E-state index < -0.39 is 6.04 Å². The Morgan fingerprint density at radius 3 is 2.09 bits per heavy atom. The van der Waals surface area contributed by atoms with Gasteiger partial charge in [0, 0.05) is 23.4 Å². The van der Waals surface area contributed by atoms with Gasteiger partial charge in [0.15, 0.2) is 11.5 Å². The van der Waals surface area contributed by atoms with Crippen LogP contribution in [0.4, 0.5) is 10.1 Å². The van der Waals surface area contributed by atoms with Gasteiger partial charge in [-0.3, -0.25) is 0 Å². The van der Waals surface area contributed by atoms with Crippen LogP contribution in [0.5, 0.6) is 17.2 Å². The molecule has 0 unspecified atom stereocenters. The first-order valence-electron chi connectivity index (χ1n) is 9.83. The molecule has 0 aliphatic carbocycles. The third-order valence-electron chi connectivity index (χ3n) is 4.89. The molecule has 0 saturated carbocycles. The highest BCUT2D eigenvalue weighted by Gasteiger charge is 2.23. The highest BCUT2D eigenvalue weighted by Crippen LogP contribution is 2.41. The summed E-state index contributed by atoms with van der Waals surface area (Å²) in [5.41, 5.74) is 2.20. The molecule has 4 aromatic rings. The highest BCUT2D eigenvalue weighted by molar-refractivity contribution is 5.63. The van der Waals surface area contributed by atoms with Crippen molar-refractivity contribution in [2.45, 2.75) is 6.04 Å². The third kappa shape index (κ3) is 4.34. The molecule has 0 bridgehead atoms. The Labute approximate surface area is 184 Å². The molecule has 1 aromatic heterocycles. The number of nitrogens with one attached hydrogen (secondary N) is 1. The molecule has 164 valence electrons. The fourth-order valence-corrected chi connectivity index (χ4v) is 3.32. The number of methoxy groups -OCH3 is 3. The van der Waals surface area contributed by atoms with Crippen molar-refractivity contribution < 1.29 is 23.0 Å². The van der Waals surface area contributed by atoms with Crippen molar-refractivity contribution in [1.82, 2.24) is 10.2 Å². The van der Waals surface area contributed by atoms with Crippen LogP contribution in [-0.4, -0.2) is 31.5 Å². The number of hydrogen-bond donors (Lipinski definition) is 1. The predicted octanol–water partition coefficient (Wildman–Crippen LogP) is 5.10. The molecule has 0 aliphatic rings. The summed E-state index contributed by atoms with van der Waals surface area (Å²) in [6, 6.07) is 18.6. The summed E-state index contributed by atoms with van der Waals surface area (Å²) in [7, 11) is 4.63. The normalized spacial score (nSPS) is 11.6. The van der Waals surface area contributed by atoms with Gasteiger partial charge in [0.2, 0.25) is 17.5 Å². The summed E-state index contributed by atoms with van der Waals surface area (Å²) in [6.45, 7) is 0. The zero-order chi connectivity index (χ0) is 22.5. The smallest absolute Gasteiger partial charge is 0.247 e. The van der Waals surface area contributed by atoms with E-state index in [-0.39, 0.29) is 5.82 Å². The van der Waals surface area contributed by atoms with Crippen molar-refractivity contribution in [2.24, 2.45) is 0 Å². The van der Waals surface area contributed by atoms with Crippen LogP contribution in [0.15, 0.2) is 71.1 Å². The van der Waals surface area contributed by atoms with Crippen molar-refractivity contribution in [2.75, 3.05) is 26.6 Å². The number of anilines is 1. The van der Waals surface area contributed by atoms with Gasteiger partial charge in [-0.05, 0) is 29.8 Å². The van der Waals surface area contributed by atoms with E-state index >= 15 is 0 Å². The van der Waals surface area contributed by atoms with Crippen molar-refractivity contribution in [3.05, 3.63) is 84.0 Å². The Morgan fingerprint density at radius 2 is 1.50 bits per heavy atom. The van der Waals surface area contributed by atoms with Gasteiger partial charge in [-0.15, -0.1) is 10.2 Å². The number of benzene rings is 3. The second-order valence-electron chi connectivity index (χ2n) is 6.85.